The third-order valence-corrected chi connectivity index (χ3v) is 5.16. The molecule has 0 atom stereocenters. The third-order valence-electron chi connectivity index (χ3n) is 5.16. The molecule has 1 heterocycles. The monoisotopic (exact) mass is 367 g/mol. The maximum absolute atomic E-state index is 12.7. The van der Waals surface area contributed by atoms with Gasteiger partial charge in [-0.2, -0.15) is 0 Å². The number of amides is 2. The van der Waals surface area contributed by atoms with Gasteiger partial charge in [0, 0.05) is 26.2 Å². The Kier molecular flexibility index (Phi) is 6.30. The van der Waals surface area contributed by atoms with Crippen LogP contribution in [0.5, 0.6) is 5.75 Å². The van der Waals surface area contributed by atoms with Crippen molar-refractivity contribution in [2.45, 2.75) is 37.6 Å². The van der Waals surface area contributed by atoms with Crippen molar-refractivity contribution in [1.29, 1.82) is 0 Å². The number of para-hydroxylation sites is 1. The van der Waals surface area contributed by atoms with Crippen molar-refractivity contribution in [3.63, 3.8) is 0 Å². The van der Waals surface area contributed by atoms with E-state index in [1.54, 1.807) is 28.0 Å². The molecule has 138 valence electrons. The van der Waals surface area contributed by atoms with E-state index >= 15 is 0 Å². The van der Waals surface area contributed by atoms with Crippen LogP contribution < -0.4 is 5.73 Å². The Hall–Kier alpha value is -1.79. The van der Waals surface area contributed by atoms with Crippen molar-refractivity contribution in [3.05, 3.63) is 29.8 Å². The minimum absolute atomic E-state index is 0. The number of hydrogen-bond donors (Lipinski definition) is 2. The first-order valence-electron chi connectivity index (χ1n) is 8.67. The number of phenolic OH excluding ortho intramolecular Hbond substituents is 1. The van der Waals surface area contributed by atoms with Gasteiger partial charge in [0.05, 0.1) is 11.1 Å². The molecule has 0 spiro atoms. The summed E-state index contributed by atoms with van der Waals surface area (Å²) in [5, 5.41) is 9.83. The summed E-state index contributed by atoms with van der Waals surface area (Å²) in [5.41, 5.74) is 5.92. The number of piperazine rings is 1. The predicted octanol–water partition coefficient (Wildman–Crippen LogP) is 1.76. The van der Waals surface area contributed by atoms with Crippen LogP contribution >= 0.6 is 12.4 Å². The molecule has 1 aliphatic heterocycles. The SMILES string of the molecule is Cl.NC1(C(=O)N2CCN(C(=O)c3ccccc3O)CC2)CCCCC1. The van der Waals surface area contributed by atoms with Crippen LogP contribution in [0.4, 0.5) is 0 Å². The first-order chi connectivity index (χ1) is 11.5. The number of aromatic hydroxyl groups is 1. The molecule has 2 amide bonds. The third kappa shape index (κ3) is 4.07. The summed E-state index contributed by atoms with van der Waals surface area (Å²) in [6.45, 7) is 1.93. The van der Waals surface area contributed by atoms with Crippen LogP contribution in [0.15, 0.2) is 24.3 Å². The quantitative estimate of drug-likeness (QED) is 0.833. The van der Waals surface area contributed by atoms with Crippen molar-refractivity contribution in [3.8, 4) is 5.75 Å². The van der Waals surface area contributed by atoms with E-state index in [4.69, 9.17) is 5.73 Å². The van der Waals surface area contributed by atoms with Crippen LogP contribution in [-0.4, -0.2) is 58.4 Å². The van der Waals surface area contributed by atoms with Gasteiger partial charge in [0.25, 0.3) is 5.91 Å². The molecular formula is C18H26ClN3O3. The van der Waals surface area contributed by atoms with E-state index in [1.807, 2.05) is 0 Å². The first kappa shape index (κ1) is 19.5. The molecule has 2 aliphatic rings. The van der Waals surface area contributed by atoms with Gasteiger partial charge < -0.3 is 20.6 Å². The molecule has 7 heteroatoms. The van der Waals surface area contributed by atoms with Crippen LogP contribution in [0.1, 0.15) is 42.5 Å². The molecule has 1 saturated carbocycles. The lowest BCUT2D eigenvalue weighted by atomic mass is 9.81. The number of carbonyl (C=O) groups excluding carboxylic acids is 2. The normalized spacial score (nSPS) is 19.9. The standard InChI is InChI=1S/C18H25N3O3.ClH/c19-18(8-4-1-5-9-18)17(24)21-12-10-20(11-13-21)16(23)14-6-2-3-7-15(14)22;/h2-3,6-7,22H,1,4-5,8-13,19H2;1H. The summed E-state index contributed by atoms with van der Waals surface area (Å²) in [6, 6.07) is 6.54. The molecule has 0 unspecified atom stereocenters. The second kappa shape index (κ2) is 8.06. The highest BCUT2D eigenvalue weighted by Gasteiger charge is 2.39. The van der Waals surface area contributed by atoms with Crippen molar-refractivity contribution in [2.75, 3.05) is 26.2 Å². The van der Waals surface area contributed by atoms with Crippen LogP contribution in [0.3, 0.4) is 0 Å². The maximum Gasteiger partial charge on any atom is 0.257 e. The number of carbonyl (C=O) groups is 2. The summed E-state index contributed by atoms with van der Waals surface area (Å²) in [4.78, 5) is 28.7. The molecule has 0 radical (unpaired) electrons. The molecule has 1 saturated heterocycles. The number of rotatable bonds is 2. The van der Waals surface area contributed by atoms with Crippen LogP contribution in [0.2, 0.25) is 0 Å². The van der Waals surface area contributed by atoms with Gasteiger partial charge in [0.15, 0.2) is 0 Å². The van der Waals surface area contributed by atoms with Crippen molar-refractivity contribution < 1.29 is 14.7 Å². The minimum Gasteiger partial charge on any atom is -0.507 e. The number of benzene rings is 1. The number of nitrogens with two attached hydrogens (primary N) is 1. The lowest BCUT2D eigenvalue weighted by Gasteiger charge is -2.41. The van der Waals surface area contributed by atoms with Crippen LogP contribution in [-0.2, 0) is 4.79 Å². The molecule has 1 aliphatic carbocycles. The zero-order valence-corrected chi connectivity index (χ0v) is 15.1. The molecule has 25 heavy (non-hydrogen) atoms. The molecule has 3 N–H and O–H groups in total. The van der Waals surface area contributed by atoms with Gasteiger partial charge in [-0.05, 0) is 25.0 Å². The molecule has 3 rings (SSSR count). The zero-order valence-electron chi connectivity index (χ0n) is 14.3. The Morgan fingerprint density at radius 3 is 2.12 bits per heavy atom. The number of phenols is 1. The highest BCUT2D eigenvalue weighted by atomic mass is 35.5. The number of hydrogen-bond acceptors (Lipinski definition) is 4. The van der Waals surface area contributed by atoms with Gasteiger partial charge in [0.1, 0.15) is 5.75 Å². The van der Waals surface area contributed by atoms with E-state index in [1.165, 1.54) is 6.07 Å². The van der Waals surface area contributed by atoms with E-state index in [0.717, 1.165) is 32.1 Å². The van der Waals surface area contributed by atoms with Crippen LogP contribution in [0.25, 0.3) is 0 Å². The predicted molar refractivity (Wildman–Crippen MR) is 97.8 cm³/mol. The van der Waals surface area contributed by atoms with Gasteiger partial charge in [-0.15, -0.1) is 12.4 Å². The van der Waals surface area contributed by atoms with Crippen LogP contribution in [0, 0.1) is 0 Å². The van der Waals surface area contributed by atoms with Crippen molar-refractivity contribution in [2.24, 2.45) is 5.73 Å². The molecule has 2 fully saturated rings. The smallest absolute Gasteiger partial charge is 0.257 e. The fraction of sp³-hybridized carbons (Fsp3) is 0.556. The van der Waals surface area contributed by atoms with Crippen molar-refractivity contribution in [1.82, 2.24) is 9.80 Å². The maximum atomic E-state index is 12.7. The van der Waals surface area contributed by atoms with Gasteiger partial charge in [-0.1, -0.05) is 31.4 Å². The van der Waals surface area contributed by atoms with E-state index in [2.05, 4.69) is 0 Å². The molecule has 1 aromatic rings. The fourth-order valence-electron chi connectivity index (χ4n) is 3.65. The Bertz CT molecular complexity index is 624. The Morgan fingerprint density at radius 2 is 1.52 bits per heavy atom. The topological polar surface area (TPSA) is 86.9 Å². The average molecular weight is 368 g/mol. The average Bonchev–Trinajstić information content (AvgIpc) is 2.62. The highest BCUT2D eigenvalue weighted by Crippen LogP contribution is 2.28. The zero-order chi connectivity index (χ0) is 17.2. The van der Waals surface area contributed by atoms with Crippen molar-refractivity contribution >= 4 is 24.2 Å². The first-order valence-corrected chi connectivity index (χ1v) is 8.67. The van der Waals surface area contributed by atoms with Gasteiger partial charge in [-0.3, -0.25) is 9.59 Å². The largest absolute Gasteiger partial charge is 0.507 e. The molecule has 0 aromatic heterocycles. The summed E-state index contributed by atoms with van der Waals surface area (Å²) in [6.07, 6.45) is 4.67. The molecular weight excluding hydrogens is 342 g/mol. The van der Waals surface area contributed by atoms with E-state index in [-0.39, 0.29) is 30.0 Å². The molecule has 6 nitrogen and oxygen atoms in total. The van der Waals surface area contributed by atoms with Gasteiger partial charge in [0.2, 0.25) is 5.91 Å². The Morgan fingerprint density at radius 1 is 0.960 bits per heavy atom. The minimum atomic E-state index is -0.720. The molecule has 0 bridgehead atoms. The summed E-state index contributed by atoms with van der Waals surface area (Å²) in [7, 11) is 0. The molecule has 1 aromatic carbocycles. The summed E-state index contributed by atoms with van der Waals surface area (Å²) in [5.74, 6) is -0.179. The lowest BCUT2D eigenvalue weighted by molar-refractivity contribution is -0.139. The van der Waals surface area contributed by atoms with Gasteiger partial charge >= 0.3 is 0 Å². The lowest BCUT2D eigenvalue weighted by Crippen LogP contribution is -2.60. The number of halogens is 1. The fourth-order valence-corrected chi connectivity index (χ4v) is 3.65. The Balaban J connectivity index is 0.00000225. The highest BCUT2D eigenvalue weighted by molar-refractivity contribution is 5.97. The second-order valence-corrected chi connectivity index (χ2v) is 6.82. The van der Waals surface area contributed by atoms with E-state index < -0.39 is 5.54 Å². The van der Waals surface area contributed by atoms with Gasteiger partial charge in [-0.25, -0.2) is 0 Å². The second-order valence-electron chi connectivity index (χ2n) is 6.82. The Labute approximate surface area is 154 Å². The summed E-state index contributed by atoms with van der Waals surface area (Å²) < 4.78 is 0. The number of nitrogens with zero attached hydrogens (tertiary/aromatic N) is 2. The van der Waals surface area contributed by atoms with E-state index in [9.17, 15) is 14.7 Å². The van der Waals surface area contributed by atoms with E-state index in [0.29, 0.717) is 31.7 Å². The summed E-state index contributed by atoms with van der Waals surface area (Å²) >= 11 is 0.